The fourth-order valence-corrected chi connectivity index (χ4v) is 2.80. The van der Waals surface area contributed by atoms with Crippen molar-refractivity contribution in [3.63, 3.8) is 0 Å². The molecule has 0 radical (unpaired) electrons. The van der Waals surface area contributed by atoms with E-state index in [4.69, 9.17) is 4.74 Å². The van der Waals surface area contributed by atoms with E-state index in [2.05, 4.69) is 15.9 Å². The summed E-state index contributed by atoms with van der Waals surface area (Å²) in [6, 6.07) is 6.09. The molecule has 0 saturated carbocycles. The van der Waals surface area contributed by atoms with E-state index in [1.54, 1.807) is 0 Å². The van der Waals surface area contributed by atoms with Crippen LogP contribution in [0, 0.1) is 6.92 Å². The van der Waals surface area contributed by atoms with Gasteiger partial charge in [-0.25, -0.2) is 0 Å². The smallest absolute Gasteiger partial charge is 0.0802 e. The normalized spacial score (nSPS) is 21.7. The van der Waals surface area contributed by atoms with Crippen LogP contribution >= 0.6 is 15.9 Å². The van der Waals surface area contributed by atoms with E-state index >= 15 is 0 Å². The number of aryl methyl sites for hydroxylation is 1. The number of hydrogen-bond donors (Lipinski definition) is 1. The van der Waals surface area contributed by atoms with Crippen LogP contribution in [0.2, 0.25) is 0 Å². The van der Waals surface area contributed by atoms with E-state index in [-0.39, 0.29) is 0 Å². The second-order valence-corrected chi connectivity index (χ2v) is 5.61. The number of benzene rings is 1. The fourth-order valence-electron chi connectivity index (χ4n) is 2.29. The van der Waals surface area contributed by atoms with Crippen LogP contribution in [-0.4, -0.2) is 17.8 Å². The van der Waals surface area contributed by atoms with Crippen LogP contribution < -0.4 is 0 Å². The number of aliphatic hydroxyl groups excluding tert-OH is 1. The Morgan fingerprint density at radius 2 is 2.35 bits per heavy atom. The maximum Gasteiger partial charge on any atom is 0.0802 e. The molecule has 1 fully saturated rings. The molecule has 17 heavy (non-hydrogen) atoms. The topological polar surface area (TPSA) is 29.5 Å². The van der Waals surface area contributed by atoms with Gasteiger partial charge >= 0.3 is 0 Å². The zero-order chi connectivity index (χ0) is 12.3. The Balaban J connectivity index is 1.93. The van der Waals surface area contributed by atoms with E-state index in [1.165, 1.54) is 5.56 Å². The first-order valence-corrected chi connectivity index (χ1v) is 7.02. The van der Waals surface area contributed by atoms with Crippen LogP contribution in [0.15, 0.2) is 22.7 Å². The summed E-state index contributed by atoms with van der Waals surface area (Å²) in [5.41, 5.74) is 2.17. The lowest BCUT2D eigenvalue weighted by Gasteiger charge is -2.16. The molecule has 2 rings (SSSR count). The van der Waals surface area contributed by atoms with Crippen molar-refractivity contribution in [3.8, 4) is 0 Å². The zero-order valence-electron chi connectivity index (χ0n) is 10.2. The summed E-state index contributed by atoms with van der Waals surface area (Å²) < 4.78 is 6.56. The first-order chi connectivity index (χ1) is 8.16. The molecule has 1 saturated heterocycles. The quantitative estimate of drug-likeness (QED) is 0.917. The molecular weight excluding hydrogens is 280 g/mol. The fraction of sp³-hybridized carbons (Fsp3) is 0.571. The van der Waals surface area contributed by atoms with E-state index < -0.39 is 6.10 Å². The second kappa shape index (κ2) is 5.98. The molecule has 0 bridgehead atoms. The van der Waals surface area contributed by atoms with Crippen molar-refractivity contribution in [2.75, 3.05) is 6.61 Å². The molecule has 1 aliphatic rings. The van der Waals surface area contributed by atoms with Crippen LogP contribution in [0.5, 0.6) is 0 Å². The third kappa shape index (κ3) is 3.54. The van der Waals surface area contributed by atoms with Crippen molar-refractivity contribution in [2.45, 2.75) is 44.8 Å². The Morgan fingerprint density at radius 1 is 1.53 bits per heavy atom. The predicted molar refractivity (Wildman–Crippen MR) is 72.0 cm³/mol. The summed E-state index contributed by atoms with van der Waals surface area (Å²) in [4.78, 5) is 0. The Bertz CT molecular complexity index is 372. The van der Waals surface area contributed by atoms with Crippen molar-refractivity contribution in [1.82, 2.24) is 0 Å². The largest absolute Gasteiger partial charge is 0.388 e. The van der Waals surface area contributed by atoms with Gasteiger partial charge in [0.15, 0.2) is 0 Å². The molecule has 1 heterocycles. The molecule has 2 atom stereocenters. The molecule has 1 aromatic carbocycles. The predicted octanol–water partition coefficient (Wildman–Crippen LogP) is 3.75. The minimum atomic E-state index is -0.395. The van der Waals surface area contributed by atoms with Gasteiger partial charge in [-0.15, -0.1) is 0 Å². The van der Waals surface area contributed by atoms with Gasteiger partial charge in [0.05, 0.1) is 12.2 Å². The number of hydrogen-bond acceptors (Lipinski definition) is 2. The lowest BCUT2D eigenvalue weighted by Crippen LogP contribution is -2.08. The van der Waals surface area contributed by atoms with Gasteiger partial charge in [0.1, 0.15) is 0 Å². The van der Waals surface area contributed by atoms with Crippen molar-refractivity contribution in [1.29, 1.82) is 0 Å². The Labute approximate surface area is 111 Å². The third-order valence-corrected chi connectivity index (χ3v) is 4.02. The van der Waals surface area contributed by atoms with Gasteiger partial charge in [-0.1, -0.05) is 33.6 Å². The van der Waals surface area contributed by atoms with Gasteiger partial charge in [0.2, 0.25) is 0 Å². The maximum atomic E-state index is 10.2. The summed E-state index contributed by atoms with van der Waals surface area (Å²) in [6.07, 6.45) is 3.98. The summed E-state index contributed by atoms with van der Waals surface area (Å²) in [6.45, 7) is 2.93. The summed E-state index contributed by atoms with van der Waals surface area (Å²) in [5, 5.41) is 10.2. The van der Waals surface area contributed by atoms with Crippen LogP contribution in [0.1, 0.15) is 42.9 Å². The molecule has 1 aromatic rings. The van der Waals surface area contributed by atoms with Crippen LogP contribution in [0.4, 0.5) is 0 Å². The van der Waals surface area contributed by atoms with Gasteiger partial charge in [-0.3, -0.25) is 0 Å². The van der Waals surface area contributed by atoms with Crippen molar-refractivity contribution >= 4 is 15.9 Å². The highest BCUT2D eigenvalue weighted by atomic mass is 79.9. The molecule has 3 heteroatoms. The third-order valence-electron chi connectivity index (χ3n) is 3.30. The van der Waals surface area contributed by atoms with Crippen molar-refractivity contribution in [3.05, 3.63) is 33.8 Å². The molecule has 2 nitrogen and oxygen atoms in total. The number of halogens is 1. The maximum absolute atomic E-state index is 10.2. The molecule has 0 spiro atoms. The zero-order valence-corrected chi connectivity index (χ0v) is 11.7. The van der Waals surface area contributed by atoms with E-state index in [0.717, 1.165) is 42.3 Å². The average molecular weight is 299 g/mol. The summed E-state index contributed by atoms with van der Waals surface area (Å²) in [5.74, 6) is 0. The number of aliphatic hydroxyl groups is 1. The SMILES string of the molecule is Cc1ccc(Br)c(C(O)CCC2CCCO2)c1. The second-order valence-electron chi connectivity index (χ2n) is 4.75. The minimum absolute atomic E-state index is 0.355. The highest BCUT2D eigenvalue weighted by Gasteiger charge is 2.18. The van der Waals surface area contributed by atoms with Crippen LogP contribution in [0.25, 0.3) is 0 Å². The van der Waals surface area contributed by atoms with E-state index in [9.17, 15) is 5.11 Å². The molecule has 1 N–H and O–H groups in total. The van der Waals surface area contributed by atoms with Crippen LogP contribution in [-0.2, 0) is 4.74 Å². The highest BCUT2D eigenvalue weighted by molar-refractivity contribution is 9.10. The molecule has 94 valence electrons. The Kier molecular flexibility index (Phi) is 4.60. The molecule has 0 aliphatic carbocycles. The van der Waals surface area contributed by atoms with Gasteiger partial charge in [-0.2, -0.15) is 0 Å². The van der Waals surface area contributed by atoms with Gasteiger partial charge in [-0.05, 0) is 44.2 Å². The van der Waals surface area contributed by atoms with Crippen LogP contribution in [0.3, 0.4) is 0 Å². The lowest BCUT2D eigenvalue weighted by molar-refractivity contribution is 0.0810. The standard InChI is InChI=1S/C14H19BrO2/c1-10-4-6-13(15)12(9-10)14(16)7-5-11-3-2-8-17-11/h4,6,9,11,14,16H,2-3,5,7-8H2,1H3. The Hall–Kier alpha value is -0.380. The molecular formula is C14H19BrO2. The minimum Gasteiger partial charge on any atom is -0.388 e. The molecule has 2 unspecified atom stereocenters. The Morgan fingerprint density at radius 3 is 3.06 bits per heavy atom. The number of rotatable bonds is 4. The molecule has 0 amide bonds. The number of ether oxygens (including phenoxy) is 1. The van der Waals surface area contributed by atoms with Gasteiger partial charge in [0, 0.05) is 11.1 Å². The lowest BCUT2D eigenvalue weighted by atomic mass is 10.0. The first kappa shape index (κ1) is 13.1. The average Bonchev–Trinajstić information content (AvgIpc) is 2.82. The molecule has 0 aromatic heterocycles. The summed E-state index contributed by atoms with van der Waals surface area (Å²) in [7, 11) is 0. The van der Waals surface area contributed by atoms with Crippen molar-refractivity contribution in [2.24, 2.45) is 0 Å². The highest BCUT2D eigenvalue weighted by Crippen LogP contribution is 2.29. The van der Waals surface area contributed by atoms with Gasteiger partial charge < -0.3 is 9.84 Å². The first-order valence-electron chi connectivity index (χ1n) is 6.22. The van der Waals surface area contributed by atoms with Gasteiger partial charge in [0.25, 0.3) is 0 Å². The summed E-state index contributed by atoms with van der Waals surface area (Å²) >= 11 is 3.49. The van der Waals surface area contributed by atoms with Crippen molar-refractivity contribution < 1.29 is 9.84 Å². The van der Waals surface area contributed by atoms with E-state index in [0.29, 0.717) is 6.10 Å². The van der Waals surface area contributed by atoms with E-state index in [1.807, 2.05) is 25.1 Å². The monoisotopic (exact) mass is 298 g/mol. The molecule has 1 aliphatic heterocycles.